The van der Waals surface area contributed by atoms with Gasteiger partial charge in [0.1, 0.15) is 12.0 Å². The molecular formula is C33H42N4O4. The van der Waals surface area contributed by atoms with Crippen molar-refractivity contribution in [2.45, 2.75) is 59.9 Å². The molecule has 4 rings (SSSR count). The number of benzene rings is 3. The molecule has 0 aromatic heterocycles. The maximum atomic E-state index is 13.4. The third kappa shape index (κ3) is 7.65. The van der Waals surface area contributed by atoms with Gasteiger partial charge in [0.2, 0.25) is 0 Å². The van der Waals surface area contributed by atoms with Crippen LogP contribution in [0.2, 0.25) is 0 Å². The zero-order valence-electron chi connectivity index (χ0n) is 24.9. The molecule has 218 valence electrons. The first-order chi connectivity index (χ1) is 19.6. The number of morpholine rings is 1. The molecule has 0 saturated carbocycles. The maximum Gasteiger partial charge on any atom is 0.259 e. The van der Waals surface area contributed by atoms with E-state index in [1.54, 1.807) is 18.2 Å². The highest BCUT2D eigenvalue weighted by molar-refractivity contribution is 6.08. The van der Waals surface area contributed by atoms with Crippen LogP contribution in [0, 0.1) is 6.92 Å². The van der Waals surface area contributed by atoms with Gasteiger partial charge < -0.3 is 25.0 Å². The first kappa shape index (κ1) is 30.1. The van der Waals surface area contributed by atoms with Crippen molar-refractivity contribution in [2.24, 2.45) is 0 Å². The maximum absolute atomic E-state index is 13.4. The average molecular weight is 559 g/mol. The van der Waals surface area contributed by atoms with Crippen LogP contribution in [-0.4, -0.2) is 61.3 Å². The lowest BCUT2D eigenvalue weighted by Gasteiger charge is -2.36. The van der Waals surface area contributed by atoms with Gasteiger partial charge in [0.15, 0.2) is 0 Å². The van der Waals surface area contributed by atoms with Crippen LogP contribution in [0.4, 0.5) is 17.1 Å². The largest absolute Gasteiger partial charge is 0.475 e. The Balaban J connectivity index is 1.48. The van der Waals surface area contributed by atoms with Crippen molar-refractivity contribution in [1.82, 2.24) is 4.90 Å². The van der Waals surface area contributed by atoms with Crippen LogP contribution in [0.1, 0.15) is 60.9 Å². The molecule has 8 heteroatoms. The lowest BCUT2D eigenvalue weighted by atomic mass is 10.1. The quantitative estimate of drug-likeness (QED) is 0.289. The molecule has 3 aromatic carbocycles. The number of hydrogen-bond donors (Lipinski definition) is 2. The summed E-state index contributed by atoms with van der Waals surface area (Å²) in [4.78, 5) is 31.1. The summed E-state index contributed by atoms with van der Waals surface area (Å²) in [5.74, 6) is -0.0394. The topological polar surface area (TPSA) is 83.1 Å². The summed E-state index contributed by atoms with van der Waals surface area (Å²) in [6, 6.07) is 20.9. The van der Waals surface area contributed by atoms with E-state index in [1.165, 1.54) is 0 Å². The average Bonchev–Trinajstić information content (AvgIpc) is 2.94. The van der Waals surface area contributed by atoms with E-state index >= 15 is 0 Å². The SMILES string of the molecule is Cc1ccc(C(=O)Nc2cccc(N3CCOCC3)c2)cc1NC(=O)c1ccccc1OC(C)N(C(C)C)C(C)C. The van der Waals surface area contributed by atoms with Crippen LogP contribution >= 0.6 is 0 Å². The van der Waals surface area contributed by atoms with Gasteiger partial charge in [-0.25, -0.2) is 0 Å². The van der Waals surface area contributed by atoms with E-state index in [4.69, 9.17) is 9.47 Å². The van der Waals surface area contributed by atoms with Gasteiger partial charge in [0.05, 0.1) is 18.8 Å². The molecule has 0 spiro atoms. The van der Waals surface area contributed by atoms with E-state index in [0.29, 0.717) is 41.5 Å². The molecule has 3 aromatic rings. The predicted molar refractivity (Wildman–Crippen MR) is 165 cm³/mol. The van der Waals surface area contributed by atoms with Gasteiger partial charge >= 0.3 is 0 Å². The highest BCUT2D eigenvalue weighted by Gasteiger charge is 2.24. The molecule has 1 aliphatic heterocycles. The van der Waals surface area contributed by atoms with Gasteiger partial charge in [-0.1, -0.05) is 24.3 Å². The summed E-state index contributed by atoms with van der Waals surface area (Å²) in [6.45, 7) is 15.4. The Kier molecular flexibility index (Phi) is 10.0. The van der Waals surface area contributed by atoms with Crippen molar-refractivity contribution in [3.05, 3.63) is 83.4 Å². The Hall–Kier alpha value is -3.88. The summed E-state index contributed by atoms with van der Waals surface area (Å²) < 4.78 is 11.7. The van der Waals surface area contributed by atoms with E-state index in [9.17, 15) is 9.59 Å². The van der Waals surface area contributed by atoms with E-state index in [0.717, 1.165) is 24.3 Å². The number of carbonyl (C=O) groups excluding carboxylic acids is 2. The molecule has 2 N–H and O–H groups in total. The number of anilines is 3. The molecule has 0 radical (unpaired) electrons. The Labute approximate surface area is 243 Å². The lowest BCUT2D eigenvalue weighted by Crippen LogP contribution is -2.46. The second kappa shape index (κ2) is 13.7. The van der Waals surface area contributed by atoms with Crippen molar-refractivity contribution >= 4 is 28.9 Å². The summed E-state index contributed by atoms with van der Waals surface area (Å²) in [5.41, 5.74) is 4.05. The molecule has 8 nitrogen and oxygen atoms in total. The van der Waals surface area contributed by atoms with Gasteiger partial charge in [0.25, 0.3) is 11.8 Å². The number of aryl methyl sites for hydroxylation is 1. The molecule has 1 unspecified atom stereocenters. The molecule has 1 heterocycles. The monoisotopic (exact) mass is 558 g/mol. The normalized spacial score (nSPS) is 14.3. The predicted octanol–water partition coefficient (Wildman–Crippen LogP) is 6.18. The van der Waals surface area contributed by atoms with Gasteiger partial charge in [0, 0.05) is 47.8 Å². The van der Waals surface area contributed by atoms with Gasteiger partial charge in [-0.15, -0.1) is 0 Å². The number of para-hydroxylation sites is 1. The fourth-order valence-electron chi connectivity index (χ4n) is 5.33. The van der Waals surface area contributed by atoms with Crippen LogP contribution in [0.3, 0.4) is 0 Å². The number of amides is 2. The second-order valence-corrected chi connectivity index (χ2v) is 10.9. The van der Waals surface area contributed by atoms with Crippen LogP contribution in [0.25, 0.3) is 0 Å². The van der Waals surface area contributed by atoms with Gasteiger partial charge in [-0.05, 0) is 89.6 Å². The Bertz CT molecular complexity index is 1340. The second-order valence-electron chi connectivity index (χ2n) is 10.9. The smallest absolute Gasteiger partial charge is 0.259 e. The van der Waals surface area contributed by atoms with Crippen molar-refractivity contribution < 1.29 is 19.1 Å². The number of hydrogen-bond acceptors (Lipinski definition) is 6. The molecule has 0 aliphatic carbocycles. The fraction of sp³-hybridized carbons (Fsp3) is 0.394. The standard InChI is InChI=1S/C33H42N4O4/c1-22(2)37(23(3)4)25(6)41-31-13-8-7-12-29(31)33(39)35-30-20-26(15-14-24(30)5)32(38)34-27-10-9-11-28(21-27)36-16-18-40-19-17-36/h7-15,20-23,25H,16-19H2,1-6H3,(H,34,38)(H,35,39). The summed E-state index contributed by atoms with van der Waals surface area (Å²) in [6.07, 6.45) is -0.223. The minimum Gasteiger partial charge on any atom is -0.475 e. The Morgan fingerprint density at radius 1 is 0.854 bits per heavy atom. The van der Waals surface area contributed by atoms with Crippen molar-refractivity contribution in [3.63, 3.8) is 0 Å². The molecule has 0 bridgehead atoms. The number of ether oxygens (including phenoxy) is 2. The lowest BCUT2D eigenvalue weighted by molar-refractivity contribution is -0.00594. The van der Waals surface area contributed by atoms with Crippen molar-refractivity contribution in [2.75, 3.05) is 41.8 Å². The third-order valence-corrected chi connectivity index (χ3v) is 7.27. The van der Waals surface area contributed by atoms with Crippen LogP contribution < -0.4 is 20.3 Å². The van der Waals surface area contributed by atoms with E-state index in [1.807, 2.05) is 62.4 Å². The number of nitrogens with one attached hydrogen (secondary N) is 2. The summed E-state index contributed by atoms with van der Waals surface area (Å²) >= 11 is 0. The fourth-order valence-corrected chi connectivity index (χ4v) is 5.33. The minimum absolute atomic E-state index is 0.223. The molecular weight excluding hydrogens is 516 g/mol. The number of rotatable bonds is 10. The van der Waals surface area contributed by atoms with Gasteiger partial charge in [-0.2, -0.15) is 0 Å². The van der Waals surface area contributed by atoms with E-state index in [2.05, 4.69) is 48.1 Å². The van der Waals surface area contributed by atoms with E-state index in [-0.39, 0.29) is 30.1 Å². The molecule has 1 saturated heterocycles. The molecule has 2 amide bonds. The third-order valence-electron chi connectivity index (χ3n) is 7.27. The zero-order chi connectivity index (χ0) is 29.5. The first-order valence-corrected chi connectivity index (χ1v) is 14.3. The minimum atomic E-state index is -0.299. The highest BCUT2D eigenvalue weighted by Crippen LogP contribution is 2.26. The first-order valence-electron chi connectivity index (χ1n) is 14.3. The van der Waals surface area contributed by atoms with Crippen molar-refractivity contribution in [1.29, 1.82) is 0 Å². The molecule has 41 heavy (non-hydrogen) atoms. The van der Waals surface area contributed by atoms with Gasteiger partial charge in [-0.3, -0.25) is 14.5 Å². The number of nitrogens with zero attached hydrogens (tertiary/aromatic N) is 2. The summed E-state index contributed by atoms with van der Waals surface area (Å²) in [7, 11) is 0. The number of carbonyl (C=O) groups is 2. The zero-order valence-corrected chi connectivity index (χ0v) is 24.9. The summed E-state index contributed by atoms with van der Waals surface area (Å²) in [5, 5.41) is 5.99. The van der Waals surface area contributed by atoms with Crippen molar-refractivity contribution in [3.8, 4) is 5.75 Å². The molecule has 1 fully saturated rings. The van der Waals surface area contributed by atoms with E-state index < -0.39 is 0 Å². The Morgan fingerprint density at radius 2 is 1.56 bits per heavy atom. The molecule has 1 aliphatic rings. The Morgan fingerprint density at radius 3 is 2.27 bits per heavy atom. The van der Waals surface area contributed by atoms with Crippen LogP contribution in [0.5, 0.6) is 5.75 Å². The van der Waals surface area contributed by atoms with Crippen LogP contribution in [0.15, 0.2) is 66.7 Å². The highest BCUT2D eigenvalue weighted by atomic mass is 16.5. The van der Waals surface area contributed by atoms with Crippen LogP contribution in [-0.2, 0) is 4.74 Å². The molecule has 1 atom stereocenters.